The van der Waals surface area contributed by atoms with Crippen LogP contribution in [-0.2, 0) is 4.79 Å². The molecule has 0 bridgehead atoms. The quantitative estimate of drug-likeness (QED) is 0.479. The van der Waals surface area contributed by atoms with Gasteiger partial charge in [0.15, 0.2) is 5.78 Å². The Morgan fingerprint density at radius 2 is 2.24 bits per heavy atom. The molecule has 0 fully saturated rings. The summed E-state index contributed by atoms with van der Waals surface area (Å²) in [6.45, 7) is 5.08. The molecule has 0 aromatic heterocycles. The van der Waals surface area contributed by atoms with Gasteiger partial charge in [0, 0.05) is 17.0 Å². The number of thioether (sulfide) groups is 1. The first-order chi connectivity index (χ1) is 8.13. The minimum Gasteiger partial charge on any atom is -0.325 e. The van der Waals surface area contributed by atoms with E-state index in [1.165, 1.54) is 18.7 Å². The van der Waals surface area contributed by atoms with Gasteiger partial charge in [-0.15, -0.1) is 18.3 Å². The van der Waals surface area contributed by atoms with Crippen LogP contribution in [0.15, 0.2) is 36.9 Å². The largest absolute Gasteiger partial charge is 0.325 e. The number of anilines is 1. The lowest BCUT2D eigenvalue weighted by atomic mass is 10.1. The summed E-state index contributed by atoms with van der Waals surface area (Å²) in [6.07, 6.45) is 1.76. The number of carbonyl (C=O) groups excluding carboxylic acids is 2. The van der Waals surface area contributed by atoms with Gasteiger partial charge in [0.25, 0.3) is 0 Å². The highest BCUT2D eigenvalue weighted by atomic mass is 32.2. The second-order valence-electron chi connectivity index (χ2n) is 3.49. The molecule has 0 saturated carbocycles. The molecule has 1 N–H and O–H groups in total. The average Bonchev–Trinajstić information content (AvgIpc) is 2.29. The van der Waals surface area contributed by atoms with Gasteiger partial charge in [0.05, 0.1) is 5.75 Å². The van der Waals surface area contributed by atoms with Gasteiger partial charge in [-0.05, 0) is 19.1 Å². The number of rotatable bonds is 6. The fourth-order valence-corrected chi connectivity index (χ4v) is 1.79. The molecule has 1 aromatic carbocycles. The minimum atomic E-state index is -0.0717. The van der Waals surface area contributed by atoms with E-state index < -0.39 is 0 Å². The van der Waals surface area contributed by atoms with Gasteiger partial charge in [-0.25, -0.2) is 0 Å². The maximum atomic E-state index is 11.5. The number of amides is 1. The first kappa shape index (κ1) is 13.5. The minimum absolute atomic E-state index is 0.0119. The van der Waals surface area contributed by atoms with E-state index >= 15 is 0 Å². The summed E-state index contributed by atoms with van der Waals surface area (Å²) >= 11 is 1.49. The Kier molecular flexibility index (Phi) is 5.49. The van der Waals surface area contributed by atoms with Crippen molar-refractivity contribution < 1.29 is 9.59 Å². The van der Waals surface area contributed by atoms with Gasteiger partial charge < -0.3 is 5.32 Å². The van der Waals surface area contributed by atoms with E-state index in [0.717, 1.165) is 5.75 Å². The molecule has 17 heavy (non-hydrogen) atoms. The number of benzene rings is 1. The van der Waals surface area contributed by atoms with Crippen LogP contribution < -0.4 is 5.32 Å². The zero-order valence-electron chi connectivity index (χ0n) is 9.73. The van der Waals surface area contributed by atoms with Crippen LogP contribution in [-0.4, -0.2) is 23.2 Å². The van der Waals surface area contributed by atoms with Crippen LogP contribution in [0.2, 0.25) is 0 Å². The van der Waals surface area contributed by atoms with Gasteiger partial charge in [-0.3, -0.25) is 9.59 Å². The second kappa shape index (κ2) is 6.91. The molecule has 0 unspecified atom stereocenters. The van der Waals surface area contributed by atoms with Crippen LogP contribution in [0.1, 0.15) is 17.3 Å². The number of nitrogens with one attached hydrogen (secondary N) is 1. The number of hydrogen-bond acceptors (Lipinski definition) is 3. The van der Waals surface area contributed by atoms with Gasteiger partial charge in [0.2, 0.25) is 5.91 Å². The molecule has 0 atom stereocenters. The molecular weight excluding hydrogens is 234 g/mol. The van der Waals surface area contributed by atoms with E-state index in [0.29, 0.717) is 17.0 Å². The van der Waals surface area contributed by atoms with Crippen LogP contribution >= 0.6 is 11.8 Å². The highest BCUT2D eigenvalue weighted by molar-refractivity contribution is 8.00. The summed E-state index contributed by atoms with van der Waals surface area (Å²) in [7, 11) is 0. The summed E-state index contributed by atoms with van der Waals surface area (Å²) in [6, 6.07) is 6.93. The van der Waals surface area contributed by atoms with Crippen LogP contribution in [0.4, 0.5) is 5.69 Å². The Morgan fingerprint density at radius 1 is 1.47 bits per heavy atom. The third kappa shape index (κ3) is 4.87. The lowest BCUT2D eigenvalue weighted by molar-refractivity contribution is -0.113. The Balaban J connectivity index is 2.56. The molecule has 1 aromatic rings. The summed E-state index contributed by atoms with van der Waals surface area (Å²) in [5, 5.41) is 2.75. The number of ketones is 1. The molecule has 0 heterocycles. The number of carbonyl (C=O) groups is 2. The molecule has 90 valence electrons. The van der Waals surface area contributed by atoms with Crippen molar-refractivity contribution in [1.82, 2.24) is 0 Å². The number of Topliss-reactive ketones (excluding diaryl/α,β-unsaturated/α-hetero) is 1. The molecule has 1 rings (SSSR count). The second-order valence-corrected chi connectivity index (χ2v) is 4.52. The summed E-state index contributed by atoms with van der Waals surface area (Å²) < 4.78 is 0. The van der Waals surface area contributed by atoms with Crippen LogP contribution in [0.5, 0.6) is 0 Å². The van der Waals surface area contributed by atoms with E-state index in [4.69, 9.17) is 0 Å². The van der Waals surface area contributed by atoms with Crippen LogP contribution in [0.3, 0.4) is 0 Å². The van der Waals surface area contributed by atoms with E-state index in [9.17, 15) is 9.59 Å². The fourth-order valence-electron chi connectivity index (χ4n) is 1.25. The van der Waals surface area contributed by atoms with Gasteiger partial charge >= 0.3 is 0 Å². The van der Waals surface area contributed by atoms with Crippen molar-refractivity contribution >= 4 is 29.1 Å². The number of hydrogen-bond donors (Lipinski definition) is 1. The van der Waals surface area contributed by atoms with Gasteiger partial charge in [-0.2, -0.15) is 0 Å². The average molecular weight is 249 g/mol. The Labute approximate surface area is 105 Å². The smallest absolute Gasteiger partial charge is 0.234 e. The Bertz CT molecular complexity index is 429. The predicted octanol–water partition coefficient (Wildman–Crippen LogP) is 2.75. The topological polar surface area (TPSA) is 46.2 Å². The lowest BCUT2D eigenvalue weighted by Crippen LogP contribution is -2.14. The van der Waals surface area contributed by atoms with Crippen LogP contribution in [0, 0.1) is 0 Å². The normalized spacial score (nSPS) is 9.71. The summed E-state index contributed by atoms with van der Waals surface area (Å²) in [5.74, 6) is 1.05. The van der Waals surface area contributed by atoms with Crippen molar-refractivity contribution in [2.45, 2.75) is 6.92 Å². The zero-order chi connectivity index (χ0) is 12.7. The summed E-state index contributed by atoms with van der Waals surface area (Å²) in [5.41, 5.74) is 1.25. The molecule has 3 nitrogen and oxygen atoms in total. The van der Waals surface area contributed by atoms with Crippen molar-refractivity contribution in [2.24, 2.45) is 0 Å². The van der Waals surface area contributed by atoms with Crippen molar-refractivity contribution in [3.05, 3.63) is 42.5 Å². The third-order valence-electron chi connectivity index (χ3n) is 2.02. The maximum absolute atomic E-state index is 11.5. The molecule has 1 amide bonds. The SMILES string of the molecule is C=CCSCC(=O)Nc1cccc(C(C)=O)c1. The van der Waals surface area contributed by atoms with Crippen molar-refractivity contribution in [2.75, 3.05) is 16.8 Å². The standard InChI is InChI=1S/C13H15NO2S/c1-3-7-17-9-13(16)14-12-6-4-5-11(8-12)10(2)15/h3-6,8H,1,7,9H2,2H3,(H,14,16). The highest BCUT2D eigenvalue weighted by Gasteiger charge is 2.04. The van der Waals surface area contributed by atoms with E-state index in [1.54, 1.807) is 30.3 Å². The Morgan fingerprint density at radius 3 is 2.88 bits per heavy atom. The van der Waals surface area contributed by atoms with Crippen LogP contribution in [0.25, 0.3) is 0 Å². The summed E-state index contributed by atoms with van der Waals surface area (Å²) in [4.78, 5) is 22.7. The van der Waals surface area contributed by atoms with Gasteiger partial charge in [-0.1, -0.05) is 18.2 Å². The van der Waals surface area contributed by atoms with E-state index in [-0.39, 0.29) is 11.7 Å². The highest BCUT2D eigenvalue weighted by Crippen LogP contribution is 2.12. The molecular formula is C13H15NO2S. The zero-order valence-corrected chi connectivity index (χ0v) is 10.5. The Hall–Kier alpha value is -1.55. The molecule has 4 heteroatoms. The van der Waals surface area contributed by atoms with Gasteiger partial charge in [0.1, 0.15) is 0 Å². The molecule has 0 aliphatic rings. The first-order valence-electron chi connectivity index (χ1n) is 5.23. The maximum Gasteiger partial charge on any atom is 0.234 e. The molecule has 0 saturated heterocycles. The first-order valence-corrected chi connectivity index (χ1v) is 6.38. The molecule has 0 aliphatic carbocycles. The monoisotopic (exact) mass is 249 g/mol. The lowest BCUT2D eigenvalue weighted by Gasteiger charge is -2.05. The van der Waals surface area contributed by atoms with Crippen molar-refractivity contribution in [3.8, 4) is 0 Å². The van der Waals surface area contributed by atoms with Crippen molar-refractivity contribution in [3.63, 3.8) is 0 Å². The predicted molar refractivity (Wildman–Crippen MR) is 72.6 cm³/mol. The molecule has 0 aliphatic heterocycles. The molecule has 0 spiro atoms. The van der Waals surface area contributed by atoms with E-state index in [2.05, 4.69) is 11.9 Å². The fraction of sp³-hybridized carbons (Fsp3) is 0.231. The van der Waals surface area contributed by atoms with E-state index in [1.807, 2.05) is 0 Å². The van der Waals surface area contributed by atoms with Crippen molar-refractivity contribution in [1.29, 1.82) is 0 Å². The molecule has 0 radical (unpaired) electrons. The third-order valence-corrected chi connectivity index (χ3v) is 2.96.